The van der Waals surface area contributed by atoms with Crippen LogP contribution in [0.5, 0.6) is 0 Å². The first-order valence-electron chi connectivity index (χ1n) is 6.55. The normalized spacial score (nSPS) is 11.8. The highest BCUT2D eigenvalue weighted by Gasteiger charge is 2.31. The maximum absolute atomic E-state index is 9.78. The molecule has 0 aliphatic carbocycles. The number of hydrogen-bond acceptors (Lipinski definition) is 3. The van der Waals surface area contributed by atoms with Crippen LogP contribution < -0.4 is 0 Å². The highest BCUT2D eigenvalue weighted by molar-refractivity contribution is 6.30. The number of aliphatic hydroxyl groups excluding tert-OH is 2. The molecule has 108 valence electrons. The molecule has 0 atom stereocenters. The average molecular weight is 295 g/mol. The third-order valence-electron chi connectivity index (χ3n) is 3.69. The van der Waals surface area contributed by atoms with Gasteiger partial charge >= 0.3 is 0 Å². The zero-order valence-electron chi connectivity index (χ0n) is 11.5. The minimum Gasteiger partial charge on any atom is -0.395 e. The Labute approximate surface area is 123 Å². The Kier molecular flexibility index (Phi) is 4.81. The third-order valence-corrected chi connectivity index (χ3v) is 3.93. The number of aryl methyl sites for hydroxylation is 2. The molecule has 0 amide bonds. The maximum atomic E-state index is 9.78. The van der Waals surface area contributed by atoms with E-state index in [0.717, 1.165) is 17.5 Å². The Hall–Kier alpha value is -1.36. The topological polar surface area (TPSA) is 58.3 Å². The van der Waals surface area contributed by atoms with Gasteiger partial charge in [0, 0.05) is 23.7 Å². The SMILES string of the molecule is Cn1cc(CCC(CO)(CO)c2cccc(Cl)c2)cn1. The van der Waals surface area contributed by atoms with Gasteiger partial charge < -0.3 is 10.2 Å². The second kappa shape index (κ2) is 6.39. The van der Waals surface area contributed by atoms with Crippen LogP contribution in [0.1, 0.15) is 17.5 Å². The minimum absolute atomic E-state index is 0.121. The summed E-state index contributed by atoms with van der Waals surface area (Å²) in [6, 6.07) is 7.31. The summed E-state index contributed by atoms with van der Waals surface area (Å²) in [5.41, 5.74) is 1.26. The van der Waals surface area contributed by atoms with Crippen molar-refractivity contribution in [3.8, 4) is 0 Å². The molecule has 0 aliphatic rings. The molecule has 0 fully saturated rings. The number of benzene rings is 1. The first-order valence-corrected chi connectivity index (χ1v) is 6.93. The molecule has 2 rings (SSSR count). The molecule has 0 unspecified atom stereocenters. The number of halogens is 1. The molecular formula is C15H19ClN2O2. The molecule has 0 bridgehead atoms. The van der Waals surface area contributed by atoms with Crippen molar-refractivity contribution in [1.82, 2.24) is 9.78 Å². The highest BCUT2D eigenvalue weighted by atomic mass is 35.5. The van der Waals surface area contributed by atoms with E-state index in [0.29, 0.717) is 11.4 Å². The molecule has 20 heavy (non-hydrogen) atoms. The molecule has 0 radical (unpaired) electrons. The Bertz CT molecular complexity index is 565. The Balaban J connectivity index is 2.20. The van der Waals surface area contributed by atoms with Crippen LogP contribution in [0.4, 0.5) is 0 Å². The van der Waals surface area contributed by atoms with Crippen molar-refractivity contribution in [2.45, 2.75) is 18.3 Å². The van der Waals surface area contributed by atoms with Gasteiger partial charge in [0.1, 0.15) is 0 Å². The van der Waals surface area contributed by atoms with Gasteiger partial charge in [0.15, 0.2) is 0 Å². The fraction of sp³-hybridized carbons (Fsp3) is 0.400. The average Bonchev–Trinajstić information content (AvgIpc) is 2.86. The summed E-state index contributed by atoms with van der Waals surface area (Å²) in [6.45, 7) is -0.242. The Morgan fingerprint density at radius 3 is 2.60 bits per heavy atom. The predicted molar refractivity (Wildman–Crippen MR) is 78.8 cm³/mol. The van der Waals surface area contributed by atoms with Gasteiger partial charge in [-0.15, -0.1) is 0 Å². The Morgan fingerprint density at radius 1 is 1.30 bits per heavy atom. The molecule has 1 aromatic carbocycles. The maximum Gasteiger partial charge on any atom is 0.0550 e. The van der Waals surface area contributed by atoms with E-state index >= 15 is 0 Å². The lowest BCUT2D eigenvalue weighted by Gasteiger charge is -2.30. The van der Waals surface area contributed by atoms with E-state index in [2.05, 4.69) is 5.10 Å². The van der Waals surface area contributed by atoms with Crippen LogP contribution in [0.2, 0.25) is 5.02 Å². The van der Waals surface area contributed by atoms with Crippen LogP contribution in [0, 0.1) is 0 Å². The lowest BCUT2D eigenvalue weighted by atomic mass is 9.77. The predicted octanol–water partition coefficient (Wildman–Crippen LogP) is 1.93. The summed E-state index contributed by atoms with van der Waals surface area (Å²) in [5.74, 6) is 0. The summed E-state index contributed by atoms with van der Waals surface area (Å²) in [5, 5.41) is 24.3. The molecule has 1 heterocycles. The first-order chi connectivity index (χ1) is 9.59. The number of aliphatic hydroxyl groups is 2. The fourth-order valence-corrected chi connectivity index (χ4v) is 2.53. The zero-order valence-corrected chi connectivity index (χ0v) is 12.2. The van der Waals surface area contributed by atoms with Gasteiger partial charge in [0.25, 0.3) is 0 Å². The van der Waals surface area contributed by atoms with E-state index < -0.39 is 5.41 Å². The van der Waals surface area contributed by atoms with Crippen molar-refractivity contribution in [2.75, 3.05) is 13.2 Å². The van der Waals surface area contributed by atoms with Crippen molar-refractivity contribution >= 4 is 11.6 Å². The second-order valence-corrected chi connectivity index (χ2v) is 5.57. The summed E-state index contributed by atoms with van der Waals surface area (Å²) >= 11 is 6.01. The number of aromatic nitrogens is 2. The zero-order chi connectivity index (χ0) is 14.6. The molecule has 0 aliphatic heterocycles. The fourth-order valence-electron chi connectivity index (χ4n) is 2.34. The van der Waals surface area contributed by atoms with Crippen LogP contribution in [0.25, 0.3) is 0 Å². The van der Waals surface area contributed by atoms with Crippen LogP contribution in [-0.2, 0) is 18.9 Å². The molecule has 2 N–H and O–H groups in total. The van der Waals surface area contributed by atoms with Gasteiger partial charge in [-0.05, 0) is 36.1 Å². The van der Waals surface area contributed by atoms with Crippen molar-refractivity contribution in [2.24, 2.45) is 7.05 Å². The van der Waals surface area contributed by atoms with Crippen molar-refractivity contribution in [3.05, 3.63) is 52.8 Å². The quantitative estimate of drug-likeness (QED) is 0.856. The van der Waals surface area contributed by atoms with E-state index in [-0.39, 0.29) is 13.2 Å². The largest absolute Gasteiger partial charge is 0.395 e. The van der Waals surface area contributed by atoms with Gasteiger partial charge in [-0.25, -0.2) is 0 Å². The lowest BCUT2D eigenvalue weighted by Crippen LogP contribution is -2.35. The Morgan fingerprint density at radius 2 is 2.05 bits per heavy atom. The minimum atomic E-state index is -0.680. The summed E-state index contributed by atoms with van der Waals surface area (Å²) in [6.07, 6.45) is 5.11. The van der Waals surface area contributed by atoms with Gasteiger partial charge in [0.05, 0.1) is 19.4 Å². The van der Waals surface area contributed by atoms with Crippen LogP contribution in [0.15, 0.2) is 36.7 Å². The van der Waals surface area contributed by atoms with Gasteiger partial charge in [-0.2, -0.15) is 5.10 Å². The molecule has 1 aromatic heterocycles. The van der Waals surface area contributed by atoms with E-state index in [1.165, 1.54) is 0 Å². The number of nitrogens with zero attached hydrogens (tertiary/aromatic N) is 2. The van der Waals surface area contributed by atoms with Crippen LogP contribution in [-0.4, -0.2) is 33.2 Å². The number of rotatable bonds is 6. The summed E-state index contributed by atoms with van der Waals surface area (Å²) in [7, 11) is 1.87. The van der Waals surface area contributed by atoms with Gasteiger partial charge in [0.2, 0.25) is 0 Å². The van der Waals surface area contributed by atoms with E-state index in [9.17, 15) is 10.2 Å². The van der Waals surface area contributed by atoms with Crippen molar-refractivity contribution < 1.29 is 10.2 Å². The van der Waals surface area contributed by atoms with Crippen LogP contribution >= 0.6 is 11.6 Å². The first kappa shape index (κ1) is 15.0. The van der Waals surface area contributed by atoms with Crippen molar-refractivity contribution in [3.63, 3.8) is 0 Å². The van der Waals surface area contributed by atoms with E-state index in [4.69, 9.17) is 11.6 Å². The standard InChI is InChI=1S/C15H19ClN2O2/c1-18-9-12(8-17-18)5-6-15(10-19,11-20)13-3-2-4-14(16)7-13/h2-4,7-9,19-20H,5-6,10-11H2,1H3. The van der Waals surface area contributed by atoms with E-state index in [1.807, 2.05) is 25.4 Å². The smallest absolute Gasteiger partial charge is 0.0550 e. The van der Waals surface area contributed by atoms with Crippen molar-refractivity contribution in [1.29, 1.82) is 0 Å². The number of hydrogen-bond donors (Lipinski definition) is 2. The van der Waals surface area contributed by atoms with Gasteiger partial charge in [-0.1, -0.05) is 23.7 Å². The molecule has 4 nitrogen and oxygen atoms in total. The molecule has 0 saturated heterocycles. The molecule has 2 aromatic rings. The lowest BCUT2D eigenvalue weighted by molar-refractivity contribution is 0.109. The molecule has 0 spiro atoms. The molecular weight excluding hydrogens is 276 g/mol. The summed E-state index contributed by atoms with van der Waals surface area (Å²) in [4.78, 5) is 0. The second-order valence-electron chi connectivity index (χ2n) is 5.13. The third kappa shape index (κ3) is 3.20. The van der Waals surface area contributed by atoms with Gasteiger partial charge in [-0.3, -0.25) is 4.68 Å². The summed E-state index contributed by atoms with van der Waals surface area (Å²) < 4.78 is 1.74. The van der Waals surface area contributed by atoms with E-state index in [1.54, 1.807) is 23.0 Å². The molecule has 0 saturated carbocycles. The molecule has 5 heteroatoms. The monoisotopic (exact) mass is 294 g/mol. The highest BCUT2D eigenvalue weighted by Crippen LogP contribution is 2.30. The van der Waals surface area contributed by atoms with Crippen LogP contribution in [0.3, 0.4) is 0 Å².